The molecule has 0 aromatic heterocycles. The third-order valence-electron chi connectivity index (χ3n) is 4.65. The highest BCUT2D eigenvalue weighted by molar-refractivity contribution is 5.85. The van der Waals surface area contributed by atoms with Crippen LogP contribution in [0.4, 0.5) is 0 Å². The standard InChI is InChI=1S/C17H24N2O2.ClH/c1-21-16-9-3-2-7-14(16)15-8-5-11-19(15)17(20)12-13-6-4-10-18-13;/h2-3,7,9,13,15,18H,4-6,8,10-12H2,1H3;1H. The molecule has 2 fully saturated rings. The maximum absolute atomic E-state index is 12.6. The van der Waals surface area contributed by atoms with E-state index >= 15 is 0 Å². The number of nitrogens with one attached hydrogen (secondary N) is 1. The normalized spacial score (nSPS) is 24.1. The van der Waals surface area contributed by atoms with Crippen LogP contribution in [0.2, 0.25) is 0 Å². The first-order valence-corrected chi connectivity index (χ1v) is 7.95. The van der Waals surface area contributed by atoms with Crippen LogP contribution in [0.3, 0.4) is 0 Å². The summed E-state index contributed by atoms with van der Waals surface area (Å²) in [4.78, 5) is 14.7. The first-order chi connectivity index (χ1) is 10.3. The Morgan fingerprint density at radius 1 is 1.32 bits per heavy atom. The summed E-state index contributed by atoms with van der Waals surface area (Å²) in [5, 5.41) is 3.42. The van der Waals surface area contributed by atoms with Gasteiger partial charge in [-0.05, 0) is 38.3 Å². The van der Waals surface area contributed by atoms with Gasteiger partial charge in [-0.3, -0.25) is 4.79 Å². The van der Waals surface area contributed by atoms with Crippen LogP contribution in [-0.4, -0.2) is 37.0 Å². The molecule has 2 atom stereocenters. The second kappa shape index (κ2) is 7.84. The van der Waals surface area contributed by atoms with E-state index in [4.69, 9.17) is 4.74 Å². The third-order valence-corrected chi connectivity index (χ3v) is 4.65. The van der Waals surface area contributed by atoms with E-state index in [1.165, 1.54) is 6.42 Å². The van der Waals surface area contributed by atoms with Crippen LogP contribution < -0.4 is 10.1 Å². The lowest BCUT2D eigenvalue weighted by Crippen LogP contribution is -2.35. The average molecular weight is 325 g/mol. The summed E-state index contributed by atoms with van der Waals surface area (Å²) >= 11 is 0. The van der Waals surface area contributed by atoms with E-state index in [9.17, 15) is 4.79 Å². The van der Waals surface area contributed by atoms with Crippen molar-refractivity contribution in [2.24, 2.45) is 0 Å². The van der Waals surface area contributed by atoms with Crippen LogP contribution >= 0.6 is 12.4 Å². The van der Waals surface area contributed by atoms with Crippen molar-refractivity contribution in [1.82, 2.24) is 10.2 Å². The number of hydrogen-bond donors (Lipinski definition) is 1. The van der Waals surface area contributed by atoms with Crippen molar-refractivity contribution in [3.63, 3.8) is 0 Å². The molecule has 1 aromatic carbocycles. The monoisotopic (exact) mass is 324 g/mol. The summed E-state index contributed by atoms with van der Waals surface area (Å²) in [7, 11) is 1.70. The minimum Gasteiger partial charge on any atom is -0.496 e. The molecule has 0 spiro atoms. The fourth-order valence-electron chi connectivity index (χ4n) is 3.59. The Labute approximate surface area is 138 Å². The molecular formula is C17H25ClN2O2. The average Bonchev–Trinajstić information content (AvgIpc) is 3.18. The second-order valence-corrected chi connectivity index (χ2v) is 5.98. The van der Waals surface area contributed by atoms with Gasteiger partial charge in [-0.2, -0.15) is 0 Å². The summed E-state index contributed by atoms with van der Waals surface area (Å²) in [6.45, 7) is 1.92. The van der Waals surface area contributed by atoms with Gasteiger partial charge in [0.2, 0.25) is 5.91 Å². The third kappa shape index (κ3) is 3.55. The van der Waals surface area contributed by atoms with E-state index in [0.29, 0.717) is 12.5 Å². The summed E-state index contributed by atoms with van der Waals surface area (Å²) in [6, 6.07) is 8.62. The SMILES string of the molecule is COc1ccccc1C1CCCN1C(=O)CC1CCCN1.Cl. The van der Waals surface area contributed by atoms with Crippen molar-refractivity contribution in [2.75, 3.05) is 20.2 Å². The quantitative estimate of drug-likeness (QED) is 0.926. The molecule has 1 N–H and O–H groups in total. The molecular weight excluding hydrogens is 300 g/mol. The number of amides is 1. The van der Waals surface area contributed by atoms with E-state index in [1.807, 2.05) is 18.2 Å². The van der Waals surface area contributed by atoms with Crippen LogP contribution in [0.25, 0.3) is 0 Å². The van der Waals surface area contributed by atoms with Crippen LogP contribution in [0.1, 0.15) is 43.7 Å². The van der Waals surface area contributed by atoms with Gasteiger partial charge >= 0.3 is 0 Å². The number of carbonyl (C=O) groups excluding carboxylic acids is 1. The number of halogens is 1. The lowest BCUT2D eigenvalue weighted by molar-refractivity contribution is -0.132. The van der Waals surface area contributed by atoms with Crippen LogP contribution in [0.5, 0.6) is 5.75 Å². The van der Waals surface area contributed by atoms with Crippen LogP contribution in [-0.2, 0) is 4.79 Å². The molecule has 0 aliphatic carbocycles. The van der Waals surface area contributed by atoms with Crippen molar-refractivity contribution in [1.29, 1.82) is 0 Å². The molecule has 1 aromatic rings. The van der Waals surface area contributed by atoms with E-state index in [0.717, 1.165) is 43.7 Å². The maximum atomic E-state index is 12.6. The zero-order valence-corrected chi connectivity index (χ0v) is 13.9. The number of para-hydroxylation sites is 1. The lowest BCUT2D eigenvalue weighted by atomic mass is 10.0. The molecule has 2 unspecified atom stereocenters. The van der Waals surface area contributed by atoms with Crippen LogP contribution in [0.15, 0.2) is 24.3 Å². The van der Waals surface area contributed by atoms with E-state index < -0.39 is 0 Å². The van der Waals surface area contributed by atoms with E-state index in [1.54, 1.807) is 7.11 Å². The smallest absolute Gasteiger partial charge is 0.224 e. The molecule has 2 saturated heterocycles. The molecule has 2 aliphatic heterocycles. The first-order valence-electron chi connectivity index (χ1n) is 7.95. The highest BCUT2D eigenvalue weighted by Gasteiger charge is 2.32. The minimum absolute atomic E-state index is 0. The Hall–Kier alpha value is -1.26. The summed E-state index contributed by atoms with van der Waals surface area (Å²) in [5.41, 5.74) is 1.14. The molecule has 3 rings (SSSR count). The lowest BCUT2D eigenvalue weighted by Gasteiger charge is -2.27. The van der Waals surface area contributed by atoms with Gasteiger partial charge in [-0.15, -0.1) is 12.4 Å². The fraction of sp³-hybridized carbons (Fsp3) is 0.588. The van der Waals surface area contributed by atoms with Crippen LogP contribution in [0, 0.1) is 0 Å². The summed E-state index contributed by atoms with van der Waals surface area (Å²) < 4.78 is 5.47. The first kappa shape index (κ1) is 17.1. The van der Waals surface area contributed by atoms with Gasteiger partial charge in [-0.25, -0.2) is 0 Å². The molecule has 1 amide bonds. The molecule has 5 heteroatoms. The van der Waals surface area contributed by atoms with E-state index in [2.05, 4.69) is 16.3 Å². The van der Waals surface area contributed by atoms with Crippen molar-refractivity contribution >= 4 is 18.3 Å². The zero-order chi connectivity index (χ0) is 14.7. The van der Waals surface area contributed by atoms with Crippen molar-refractivity contribution in [3.8, 4) is 5.75 Å². The molecule has 0 bridgehead atoms. The van der Waals surface area contributed by atoms with Gasteiger partial charge in [0.05, 0.1) is 13.2 Å². The summed E-state index contributed by atoms with van der Waals surface area (Å²) in [6.07, 6.45) is 5.05. The molecule has 122 valence electrons. The predicted octanol–water partition coefficient (Wildman–Crippen LogP) is 2.92. The number of rotatable bonds is 4. The van der Waals surface area contributed by atoms with Crippen molar-refractivity contribution in [3.05, 3.63) is 29.8 Å². The number of hydrogen-bond acceptors (Lipinski definition) is 3. The number of nitrogens with zero attached hydrogens (tertiary/aromatic N) is 1. The Morgan fingerprint density at radius 2 is 2.14 bits per heavy atom. The molecule has 4 nitrogen and oxygen atoms in total. The van der Waals surface area contributed by atoms with Gasteiger partial charge in [0.25, 0.3) is 0 Å². The number of ether oxygens (including phenoxy) is 1. The van der Waals surface area contributed by atoms with Gasteiger partial charge in [0, 0.05) is 24.6 Å². The molecule has 0 radical (unpaired) electrons. The highest BCUT2D eigenvalue weighted by atomic mass is 35.5. The second-order valence-electron chi connectivity index (χ2n) is 5.98. The topological polar surface area (TPSA) is 41.6 Å². The number of benzene rings is 1. The zero-order valence-electron chi connectivity index (χ0n) is 13.1. The van der Waals surface area contributed by atoms with Crippen molar-refractivity contribution in [2.45, 2.75) is 44.2 Å². The Kier molecular flexibility index (Phi) is 6.09. The number of carbonyl (C=O) groups is 1. The van der Waals surface area contributed by atoms with Crippen molar-refractivity contribution < 1.29 is 9.53 Å². The summed E-state index contributed by atoms with van der Waals surface area (Å²) in [5.74, 6) is 1.17. The van der Waals surface area contributed by atoms with Gasteiger partial charge < -0.3 is 15.0 Å². The fourth-order valence-corrected chi connectivity index (χ4v) is 3.59. The minimum atomic E-state index is 0. The predicted molar refractivity (Wildman–Crippen MR) is 89.6 cm³/mol. The molecule has 2 heterocycles. The van der Waals surface area contributed by atoms with Gasteiger partial charge in [0.15, 0.2) is 0 Å². The van der Waals surface area contributed by atoms with Gasteiger partial charge in [0.1, 0.15) is 5.75 Å². The molecule has 2 aliphatic rings. The Morgan fingerprint density at radius 3 is 2.86 bits per heavy atom. The highest BCUT2D eigenvalue weighted by Crippen LogP contribution is 2.37. The van der Waals surface area contributed by atoms with Gasteiger partial charge in [-0.1, -0.05) is 18.2 Å². The molecule has 22 heavy (non-hydrogen) atoms. The van der Waals surface area contributed by atoms with E-state index in [-0.39, 0.29) is 24.4 Å². The number of likely N-dealkylation sites (tertiary alicyclic amines) is 1. The number of methoxy groups -OCH3 is 1. The Balaban J connectivity index is 0.00000176. The largest absolute Gasteiger partial charge is 0.496 e. The Bertz CT molecular complexity index is 503. The maximum Gasteiger partial charge on any atom is 0.224 e. The molecule has 0 saturated carbocycles.